The van der Waals surface area contributed by atoms with Crippen LogP contribution in [0.5, 0.6) is 5.75 Å². The van der Waals surface area contributed by atoms with Crippen LogP contribution in [0.2, 0.25) is 0 Å². The zero-order chi connectivity index (χ0) is 19.3. The van der Waals surface area contributed by atoms with Gasteiger partial charge >= 0.3 is 0 Å². The Morgan fingerprint density at radius 1 is 1.38 bits per heavy atom. The zero-order valence-electron chi connectivity index (χ0n) is 15.9. The number of amides is 1. The van der Waals surface area contributed by atoms with Crippen LogP contribution < -0.4 is 10.1 Å². The Bertz CT molecular complexity index is 719. The number of carbonyl (C=O) groups excluding carboxylic acids is 1. The molecule has 1 atom stereocenters. The summed E-state index contributed by atoms with van der Waals surface area (Å²) in [5.41, 5.74) is 0.949. The molecular weight excluding hydrogens is 354 g/mol. The number of ether oxygens (including phenoxy) is 1. The summed E-state index contributed by atoms with van der Waals surface area (Å²) >= 11 is 0. The topological polar surface area (TPSA) is 79.0 Å². The van der Waals surface area contributed by atoms with Crippen LogP contribution in [0.15, 0.2) is 24.3 Å². The van der Waals surface area contributed by atoms with Crippen molar-refractivity contribution in [2.24, 2.45) is 5.92 Å². The Morgan fingerprint density at radius 3 is 2.77 bits per heavy atom. The number of benzene rings is 1. The standard InChI is InChI=1S/C18H29N3O4S/c1-14(2)25-17-9-5-7-15(11-17)12-19-18(22)16-8-6-10-21(13-16)26(23,24)20(3)4/h5,7,9,11,14,16H,6,8,10,12-13H2,1-4H3,(H,19,22)/t16-/m0/s1. The molecule has 1 aromatic rings. The second kappa shape index (κ2) is 8.83. The van der Waals surface area contributed by atoms with E-state index in [1.807, 2.05) is 38.1 Å². The van der Waals surface area contributed by atoms with Gasteiger partial charge in [-0.2, -0.15) is 17.0 Å². The van der Waals surface area contributed by atoms with Crippen molar-refractivity contribution in [1.82, 2.24) is 13.9 Å². The third-order valence-electron chi connectivity index (χ3n) is 4.28. The van der Waals surface area contributed by atoms with Crippen molar-refractivity contribution in [2.45, 2.75) is 39.3 Å². The molecule has 1 amide bonds. The molecule has 2 rings (SSSR count). The molecule has 0 radical (unpaired) electrons. The lowest BCUT2D eigenvalue weighted by Crippen LogP contribution is -2.48. The summed E-state index contributed by atoms with van der Waals surface area (Å²) in [5, 5.41) is 2.92. The van der Waals surface area contributed by atoms with Gasteiger partial charge in [-0.05, 0) is 44.4 Å². The van der Waals surface area contributed by atoms with E-state index in [2.05, 4.69) is 5.32 Å². The van der Waals surface area contributed by atoms with Crippen molar-refractivity contribution in [3.05, 3.63) is 29.8 Å². The third-order valence-corrected chi connectivity index (χ3v) is 6.19. The minimum atomic E-state index is -3.48. The van der Waals surface area contributed by atoms with E-state index in [-0.39, 0.29) is 24.5 Å². The van der Waals surface area contributed by atoms with E-state index in [9.17, 15) is 13.2 Å². The molecule has 1 aromatic carbocycles. The number of hydrogen-bond acceptors (Lipinski definition) is 4. The van der Waals surface area contributed by atoms with Crippen molar-refractivity contribution in [2.75, 3.05) is 27.2 Å². The third kappa shape index (κ3) is 5.43. The first kappa shape index (κ1) is 20.7. The van der Waals surface area contributed by atoms with E-state index in [1.54, 1.807) is 0 Å². The van der Waals surface area contributed by atoms with E-state index >= 15 is 0 Å². The maximum absolute atomic E-state index is 12.5. The van der Waals surface area contributed by atoms with Crippen LogP contribution in [-0.4, -0.2) is 56.2 Å². The average molecular weight is 384 g/mol. The number of piperidine rings is 1. The van der Waals surface area contributed by atoms with Gasteiger partial charge in [0, 0.05) is 33.7 Å². The number of hydrogen-bond donors (Lipinski definition) is 1. The maximum atomic E-state index is 12.5. The molecule has 1 fully saturated rings. The highest BCUT2D eigenvalue weighted by atomic mass is 32.2. The lowest BCUT2D eigenvalue weighted by atomic mass is 9.99. The van der Waals surface area contributed by atoms with Gasteiger partial charge in [-0.25, -0.2) is 0 Å². The number of rotatable bonds is 7. The van der Waals surface area contributed by atoms with Crippen molar-refractivity contribution >= 4 is 16.1 Å². The molecule has 0 saturated carbocycles. The Morgan fingerprint density at radius 2 is 2.12 bits per heavy atom. The first-order valence-electron chi connectivity index (χ1n) is 8.91. The summed E-state index contributed by atoms with van der Waals surface area (Å²) in [6.45, 7) is 5.00. The molecule has 0 unspecified atom stereocenters. The van der Waals surface area contributed by atoms with Crippen LogP contribution in [0.25, 0.3) is 0 Å². The highest BCUT2D eigenvalue weighted by Gasteiger charge is 2.33. The van der Waals surface area contributed by atoms with Crippen molar-refractivity contribution in [3.63, 3.8) is 0 Å². The fourth-order valence-corrected chi connectivity index (χ4v) is 4.12. The van der Waals surface area contributed by atoms with E-state index in [1.165, 1.54) is 22.7 Å². The predicted octanol–water partition coefficient (Wildman–Crippen LogP) is 1.61. The van der Waals surface area contributed by atoms with Crippen molar-refractivity contribution in [1.29, 1.82) is 0 Å². The van der Waals surface area contributed by atoms with Gasteiger partial charge < -0.3 is 10.1 Å². The first-order chi connectivity index (χ1) is 12.2. The minimum Gasteiger partial charge on any atom is -0.491 e. The van der Waals surface area contributed by atoms with Gasteiger partial charge in [-0.15, -0.1) is 0 Å². The molecule has 7 nitrogen and oxygen atoms in total. The molecular formula is C18H29N3O4S. The van der Waals surface area contributed by atoms with Gasteiger partial charge in [-0.1, -0.05) is 12.1 Å². The van der Waals surface area contributed by atoms with Gasteiger partial charge in [0.2, 0.25) is 5.91 Å². The second-order valence-electron chi connectivity index (χ2n) is 7.02. The molecule has 0 aliphatic carbocycles. The fourth-order valence-electron chi connectivity index (χ4n) is 2.93. The number of nitrogens with zero attached hydrogens (tertiary/aromatic N) is 2. The molecule has 1 aliphatic heterocycles. The molecule has 146 valence electrons. The lowest BCUT2D eigenvalue weighted by Gasteiger charge is -2.32. The Hall–Kier alpha value is -1.64. The van der Waals surface area contributed by atoms with E-state index < -0.39 is 10.2 Å². The minimum absolute atomic E-state index is 0.0895. The lowest BCUT2D eigenvalue weighted by molar-refractivity contribution is -0.126. The van der Waals surface area contributed by atoms with Crippen molar-refractivity contribution in [3.8, 4) is 5.75 Å². The van der Waals surface area contributed by atoms with E-state index in [0.717, 1.165) is 11.3 Å². The first-order valence-corrected chi connectivity index (χ1v) is 10.3. The maximum Gasteiger partial charge on any atom is 0.281 e. The van der Waals surface area contributed by atoms with Crippen LogP contribution in [0.1, 0.15) is 32.3 Å². The average Bonchev–Trinajstić information content (AvgIpc) is 2.59. The van der Waals surface area contributed by atoms with Crippen LogP contribution in [-0.2, 0) is 21.5 Å². The Labute approximate surface area is 156 Å². The summed E-state index contributed by atoms with van der Waals surface area (Å²) in [6.07, 6.45) is 1.47. The van der Waals surface area contributed by atoms with Gasteiger partial charge in [0.05, 0.1) is 12.0 Å². The van der Waals surface area contributed by atoms with Crippen LogP contribution in [0.4, 0.5) is 0 Å². The summed E-state index contributed by atoms with van der Waals surface area (Å²) in [5.74, 6) is 0.333. The summed E-state index contributed by atoms with van der Waals surface area (Å²) in [4.78, 5) is 12.5. The zero-order valence-corrected chi connectivity index (χ0v) is 16.8. The molecule has 26 heavy (non-hydrogen) atoms. The SMILES string of the molecule is CC(C)Oc1cccc(CNC(=O)[C@H]2CCCN(S(=O)(=O)N(C)C)C2)c1. The van der Waals surface area contributed by atoms with E-state index in [0.29, 0.717) is 25.9 Å². The van der Waals surface area contributed by atoms with Gasteiger partial charge in [0.1, 0.15) is 5.75 Å². The molecule has 8 heteroatoms. The highest BCUT2D eigenvalue weighted by Crippen LogP contribution is 2.21. The molecule has 1 aliphatic rings. The van der Waals surface area contributed by atoms with Gasteiger partial charge in [-0.3, -0.25) is 4.79 Å². The fraction of sp³-hybridized carbons (Fsp3) is 0.611. The van der Waals surface area contributed by atoms with Crippen LogP contribution in [0.3, 0.4) is 0 Å². The molecule has 1 saturated heterocycles. The monoisotopic (exact) mass is 383 g/mol. The Balaban J connectivity index is 1.93. The summed E-state index contributed by atoms with van der Waals surface area (Å²) < 4.78 is 32.8. The Kier molecular flexibility index (Phi) is 7.02. The van der Waals surface area contributed by atoms with Crippen LogP contribution >= 0.6 is 0 Å². The quantitative estimate of drug-likeness (QED) is 0.776. The number of carbonyl (C=O) groups is 1. The smallest absolute Gasteiger partial charge is 0.281 e. The summed E-state index contributed by atoms with van der Waals surface area (Å²) in [7, 11) is -0.470. The normalized spacial score (nSPS) is 18.9. The molecule has 0 aromatic heterocycles. The van der Waals surface area contributed by atoms with E-state index in [4.69, 9.17) is 4.74 Å². The number of nitrogens with one attached hydrogen (secondary N) is 1. The van der Waals surface area contributed by atoms with Crippen molar-refractivity contribution < 1.29 is 17.9 Å². The van der Waals surface area contributed by atoms with Gasteiger partial charge in [0.15, 0.2) is 0 Å². The largest absolute Gasteiger partial charge is 0.491 e. The highest BCUT2D eigenvalue weighted by molar-refractivity contribution is 7.86. The molecule has 0 spiro atoms. The summed E-state index contributed by atoms with van der Waals surface area (Å²) in [6, 6.07) is 7.61. The molecule has 1 heterocycles. The van der Waals surface area contributed by atoms with Crippen LogP contribution in [0, 0.1) is 5.92 Å². The molecule has 0 bridgehead atoms. The second-order valence-corrected chi connectivity index (χ2v) is 9.16. The molecule has 1 N–H and O–H groups in total. The predicted molar refractivity (Wildman–Crippen MR) is 101 cm³/mol. The van der Waals surface area contributed by atoms with Gasteiger partial charge in [0.25, 0.3) is 10.2 Å².